The number of hydrogen-bond donors (Lipinski definition) is 1. The number of fused-ring (bicyclic) bond motifs is 1. The summed E-state index contributed by atoms with van der Waals surface area (Å²) in [6.45, 7) is 6.09. The number of nitrogens with zero attached hydrogens (tertiary/aromatic N) is 2. The molecular formula is C15H19N3O. The average Bonchev–Trinajstić information content (AvgIpc) is 2.48. The lowest BCUT2D eigenvalue weighted by Crippen LogP contribution is -2.44. The number of hydrogen-bond acceptors (Lipinski definition) is 4. The molecule has 1 saturated heterocycles. The first-order chi connectivity index (χ1) is 9.42. The molecule has 1 N–H and O–H groups in total. The topological polar surface area (TPSA) is 37.4 Å². The zero-order valence-corrected chi connectivity index (χ0v) is 11.0. The van der Waals surface area contributed by atoms with E-state index in [0.717, 1.165) is 56.0 Å². The number of ether oxygens (including phenoxy) is 1. The number of para-hydroxylation sites is 1. The van der Waals surface area contributed by atoms with Gasteiger partial charge in [-0.3, -0.25) is 9.88 Å². The van der Waals surface area contributed by atoms with Crippen LogP contribution in [0.2, 0.25) is 0 Å². The monoisotopic (exact) mass is 257 g/mol. The van der Waals surface area contributed by atoms with Crippen LogP contribution < -0.4 is 10.1 Å². The van der Waals surface area contributed by atoms with E-state index in [9.17, 15) is 0 Å². The lowest BCUT2D eigenvalue weighted by atomic mass is 10.2. The molecule has 1 fully saturated rings. The predicted octanol–water partition coefficient (Wildman–Crippen LogP) is 1.52. The van der Waals surface area contributed by atoms with Gasteiger partial charge in [-0.1, -0.05) is 18.2 Å². The second-order valence-electron chi connectivity index (χ2n) is 4.80. The minimum Gasteiger partial charge on any atom is -0.491 e. The van der Waals surface area contributed by atoms with Gasteiger partial charge < -0.3 is 10.1 Å². The molecule has 1 aliphatic heterocycles. The standard InChI is InChI=1S/C15H19N3O/c1-2-4-15-13(3-1)11-14(12-17-15)19-10-9-18-7-5-16-6-8-18/h1-4,11-12,16H,5-10H2. The Bertz CT molecular complexity index is 538. The maximum Gasteiger partial charge on any atom is 0.138 e. The Hall–Kier alpha value is -1.65. The molecule has 2 heterocycles. The third-order valence-electron chi connectivity index (χ3n) is 3.45. The minimum absolute atomic E-state index is 0.722. The van der Waals surface area contributed by atoms with E-state index < -0.39 is 0 Å². The molecule has 0 amide bonds. The summed E-state index contributed by atoms with van der Waals surface area (Å²) in [4.78, 5) is 6.82. The molecule has 2 aromatic rings. The van der Waals surface area contributed by atoms with Crippen LogP contribution >= 0.6 is 0 Å². The lowest BCUT2D eigenvalue weighted by molar-refractivity contribution is 0.191. The summed E-state index contributed by atoms with van der Waals surface area (Å²) in [5, 5.41) is 4.48. The lowest BCUT2D eigenvalue weighted by Gasteiger charge is -2.26. The second-order valence-corrected chi connectivity index (χ2v) is 4.80. The van der Waals surface area contributed by atoms with Gasteiger partial charge in [0, 0.05) is 38.1 Å². The molecule has 1 aromatic carbocycles. The van der Waals surface area contributed by atoms with Crippen LogP contribution in [0.25, 0.3) is 10.9 Å². The summed E-state index contributed by atoms with van der Waals surface area (Å²) in [5.74, 6) is 0.855. The van der Waals surface area contributed by atoms with Crippen molar-refractivity contribution >= 4 is 10.9 Å². The fourth-order valence-corrected chi connectivity index (χ4v) is 2.36. The van der Waals surface area contributed by atoms with Crippen molar-refractivity contribution in [3.05, 3.63) is 36.5 Å². The van der Waals surface area contributed by atoms with Crippen LogP contribution in [0.1, 0.15) is 0 Å². The van der Waals surface area contributed by atoms with Crippen LogP contribution in [0.5, 0.6) is 5.75 Å². The summed E-state index contributed by atoms with van der Waals surface area (Å²) in [7, 11) is 0. The van der Waals surface area contributed by atoms with E-state index in [1.165, 1.54) is 0 Å². The van der Waals surface area contributed by atoms with E-state index in [1.54, 1.807) is 6.20 Å². The number of benzene rings is 1. The summed E-state index contributed by atoms with van der Waals surface area (Å²) < 4.78 is 5.79. The highest BCUT2D eigenvalue weighted by molar-refractivity contribution is 5.79. The molecule has 3 rings (SSSR count). The largest absolute Gasteiger partial charge is 0.491 e. The molecular weight excluding hydrogens is 238 g/mol. The van der Waals surface area contributed by atoms with Crippen LogP contribution in [0, 0.1) is 0 Å². The van der Waals surface area contributed by atoms with Gasteiger partial charge in [-0.25, -0.2) is 0 Å². The Morgan fingerprint density at radius 3 is 2.95 bits per heavy atom. The average molecular weight is 257 g/mol. The van der Waals surface area contributed by atoms with Gasteiger partial charge in [-0.05, 0) is 12.1 Å². The molecule has 0 spiro atoms. The van der Waals surface area contributed by atoms with E-state index >= 15 is 0 Å². The zero-order valence-electron chi connectivity index (χ0n) is 11.0. The van der Waals surface area contributed by atoms with Gasteiger partial charge in [0.15, 0.2) is 0 Å². The van der Waals surface area contributed by atoms with E-state index in [0.29, 0.717) is 0 Å². The quantitative estimate of drug-likeness (QED) is 0.901. The van der Waals surface area contributed by atoms with Crippen LogP contribution in [-0.4, -0.2) is 49.2 Å². The minimum atomic E-state index is 0.722. The normalized spacial score (nSPS) is 16.6. The fraction of sp³-hybridized carbons (Fsp3) is 0.400. The molecule has 0 atom stereocenters. The first-order valence-electron chi connectivity index (χ1n) is 6.82. The zero-order chi connectivity index (χ0) is 12.9. The van der Waals surface area contributed by atoms with Crippen LogP contribution in [-0.2, 0) is 0 Å². The molecule has 19 heavy (non-hydrogen) atoms. The van der Waals surface area contributed by atoms with Crippen molar-refractivity contribution < 1.29 is 4.74 Å². The van der Waals surface area contributed by atoms with E-state index in [-0.39, 0.29) is 0 Å². The number of pyridine rings is 1. The van der Waals surface area contributed by atoms with E-state index in [1.807, 2.05) is 18.2 Å². The third-order valence-corrected chi connectivity index (χ3v) is 3.45. The van der Waals surface area contributed by atoms with Gasteiger partial charge in [0.25, 0.3) is 0 Å². The Morgan fingerprint density at radius 1 is 1.21 bits per heavy atom. The summed E-state index contributed by atoms with van der Waals surface area (Å²) in [6.07, 6.45) is 1.81. The number of piperazine rings is 1. The highest BCUT2D eigenvalue weighted by Crippen LogP contribution is 2.17. The SMILES string of the molecule is c1ccc2ncc(OCCN3CCNCC3)cc2c1. The maximum atomic E-state index is 5.79. The molecule has 0 unspecified atom stereocenters. The first kappa shape index (κ1) is 12.4. The van der Waals surface area contributed by atoms with Gasteiger partial charge in [0.1, 0.15) is 12.4 Å². The number of aromatic nitrogens is 1. The first-order valence-corrected chi connectivity index (χ1v) is 6.82. The van der Waals surface area contributed by atoms with Crippen molar-refractivity contribution in [3.8, 4) is 5.75 Å². The third kappa shape index (κ3) is 3.22. The molecule has 0 saturated carbocycles. The van der Waals surface area contributed by atoms with Gasteiger partial charge in [0.2, 0.25) is 0 Å². The summed E-state index contributed by atoms with van der Waals surface area (Å²) in [5.41, 5.74) is 1.01. The Morgan fingerprint density at radius 2 is 2.05 bits per heavy atom. The molecule has 100 valence electrons. The van der Waals surface area contributed by atoms with E-state index in [2.05, 4.69) is 27.3 Å². The van der Waals surface area contributed by atoms with Crippen molar-refractivity contribution in [3.63, 3.8) is 0 Å². The summed E-state index contributed by atoms with van der Waals surface area (Å²) in [6, 6.07) is 10.2. The van der Waals surface area contributed by atoms with E-state index in [4.69, 9.17) is 4.74 Å². The molecule has 0 aliphatic carbocycles. The van der Waals surface area contributed by atoms with Gasteiger partial charge in [-0.2, -0.15) is 0 Å². The fourth-order valence-electron chi connectivity index (χ4n) is 2.36. The van der Waals surface area contributed by atoms with Crippen molar-refractivity contribution in [1.82, 2.24) is 15.2 Å². The molecule has 0 bridgehead atoms. The predicted molar refractivity (Wildman–Crippen MR) is 76.5 cm³/mol. The number of rotatable bonds is 4. The molecule has 1 aromatic heterocycles. The molecule has 1 aliphatic rings. The van der Waals surface area contributed by atoms with Crippen LogP contribution in [0.15, 0.2) is 36.5 Å². The van der Waals surface area contributed by atoms with Crippen molar-refractivity contribution in [2.45, 2.75) is 0 Å². The smallest absolute Gasteiger partial charge is 0.138 e. The molecule has 0 radical (unpaired) electrons. The molecule has 4 nitrogen and oxygen atoms in total. The van der Waals surface area contributed by atoms with Crippen molar-refractivity contribution in [1.29, 1.82) is 0 Å². The maximum absolute atomic E-state index is 5.79. The highest BCUT2D eigenvalue weighted by atomic mass is 16.5. The van der Waals surface area contributed by atoms with Crippen molar-refractivity contribution in [2.75, 3.05) is 39.3 Å². The summed E-state index contributed by atoms with van der Waals surface area (Å²) >= 11 is 0. The van der Waals surface area contributed by atoms with Crippen LogP contribution in [0.4, 0.5) is 0 Å². The Labute approximate surface area is 113 Å². The molecule has 4 heteroatoms. The highest BCUT2D eigenvalue weighted by Gasteiger charge is 2.08. The Balaban J connectivity index is 1.56. The van der Waals surface area contributed by atoms with Gasteiger partial charge in [0.05, 0.1) is 11.7 Å². The second kappa shape index (κ2) is 5.99. The van der Waals surface area contributed by atoms with Gasteiger partial charge >= 0.3 is 0 Å². The Kier molecular flexibility index (Phi) is 3.91. The van der Waals surface area contributed by atoms with Crippen LogP contribution in [0.3, 0.4) is 0 Å². The van der Waals surface area contributed by atoms with Gasteiger partial charge in [-0.15, -0.1) is 0 Å². The van der Waals surface area contributed by atoms with Crippen molar-refractivity contribution in [2.24, 2.45) is 0 Å². The number of nitrogens with one attached hydrogen (secondary N) is 1.